The number of nitro groups is 1. The molecule has 0 bridgehead atoms. The number of nitrogens with zero attached hydrogens (tertiary/aromatic N) is 2. The molecule has 0 aliphatic rings. The quantitative estimate of drug-likeness (QED) is 0.461. The fourth-order valence-electron chi connectivity index (χ4n) is 1.70. The zero-order valence-electron chi connectivity index (χ0n) is 8.08. The van der Waals surface area contributed by atoms with Crippen molar-refractivity contribution in [3.63, 3.8) is 0 Å². The molecule has 0 amide bonds. The van der Waals surface area contributed by atoms with Gasteiger partial charge in [-0.1, -0.05) is 0 Å². The molecular weight excluding hydrogens is 208 g/mol. The van der Waals surface area contributed by atoms with Gasteiger partial charge < -0.3 is 4.42 Å². The summed E-state index contributed by atoms with van der Waals surface area (Å²) < 4.78 is 5.50. The Morgan fingerprint density at radius 1 is 1.25 bits per heavy atom. The molecule has 0 fully saturated rings. The molecule has 0 spiro atoms. The van der Waals surface area contributed by atoms with Crippen molar-refractivity contribution in [2.75, 3.05) is 0 Å². The molecule has 0 unspecified atom stereocenters. The third-order valence-electron chi connectivity index (χ3n) is 2.42. The average molecular weight is 214 g/mol. The monoisotopic (exact) mass is 214 g/mol. The number of pyridine rings is 1. The lowest BCUT2D eigenvalue weighted by atomic mass is 10.2. The highest BCUT2D eigenvalue weighted by molar-refractivity contribution is 6.03. The van der Waals surface area contributed by atoms with Gasteiger partial charge in [0.2, 0.25) is 0 Å². The van der Waals surface area contributed by atoms with E-state index in [9.17, 15) is 10.1 Å². The molecular formula is C11H6N2O3. The lowest BCUT2D eigenvalue weighted by Crippen LogP contribution is -1.86. The number of rotatable bonds is 1. The molecule has 0 aliphatic carbocycles. The van der Waals surface area contributed by atoms with Crippen LogP contribution in [-0.4, -0.2) is 9.91 Å². The summed E-state index contributed by atoms with van der Waals surface area (Å²) in [7, 11) is 0. The smallest absolute Gasteiger partial charge is 0.270 e. The molecule has 2 heterocycles. The minimum absolute atomic E-state index is 0.0425. The van der Waals surface area contributed by atoms with E-state index >= 15 is 0 Å². The van der Waals surface area contributed by atoms with Gasteiger partial charge in [0.15, 0.2) is 5.58 Å². The zero-order valence-corrected chi connectivity index (χ0v) is 8.08. The highest BCUT2D eigenvalue weighted by Crippen LogP contribution is 2.29. The van der Waals surface area contributed by atoms with Crippen LogP contribution < -0.4 is 0 Å². The second-order valence-electron chi connectivity index (χ2n) is 3.39. The van der Waals surface area contributed by atoms with Crippen LogP contribution in [0.1, 0.15) is 0 Å². The fourth-order valence-corrected chi connectivity index (χ4v) is 1.70. The van der Waals surface area contributed by atoms with Gasteiger partial charge in [-0.3, -0.25) is 15.1 Å². The number of non-ortho nitro benzene ring substituents is 1. The molecule has 2 aromatic heterocycles. The van der Waals surface area contributed by atoms with Crippen molar-refractivity contribution in [1.82, 2.24) is 4.98 Å². The second-order valence-corrected chi connectivity index (χ2v) is 3.39. The number of hydrogen-bond acceptors (Lipinski definition) is 4. The Labute approximate surface area is 89.5 Å². The van der Waals surface area contributed by atoms with Crippen LogP contribution in [-0.2, 0) is 0 Å². The molecule has 0 saturated heterocycles. The van der Waals surface area contributed by atoms with Crippen LogP contribution >= 0.6 is 0 Å². The number of nitro benzene ring substituents is 1. The maximum absolute atomic E-state index is 10.7. The third-order valence-corrected chi connectivity index (χ3v) is 2.42. The molecule has 0 radical (unpaired) electrons. The van der Waals surface area contributed by atoms with Crippen molar-refractivity contribution in [3.05, 3.63) is 46.6 Å². The molecule has 0 aliphatic heterocycles. The number of benzene rings is 1. The van der Waals surface area contributed by atoms with Crippen molar-refractivity contribution in [1.29, 1.82) is 0 Å². The van der Waals surface area contributed by atoms with Gasteiger partial charge in [-0.2, -0.15) is 0 Å². The lowest BCUT2D eigenvalue weighted by molar-refractivity contribution is -0.384. The molecule has 3 rings (SSSR count). The first-order chi connectivity index (χ1) is 7.75. The predicted molar refractivity (Wildman–Crippen MR) is 58.2 cm³/mol. The van der Waals surface area contributed by atoms with Gasteiger partial charge in [0.25, 0.3) is 5.69 Å². The standard InChI is InChI=1S/C11H6N2O3/c14-13(15)7-3-4-9-8(6-7)11-10(16-9)2-1-5-12-11/h1-6H. The maximum Gasteiger partial charge on any atom is 0.270 e. The Bertz CT molecular complexity index is 703. The van der Waals surface area contributed by atoms with Crippen LogP contribution in [0, 0.1) is 10.1 Å². The van der Waals surface area contributed by atoms with E-state index in [-0.39, 0.29) is 5.69 Å². The van der Waals surface area contributed by atoms with E-state index < -0.39 is 4.92 Å². The Morgan fingerprint density at radius 2 is 2.12 bits per heavy atom. The Balaban J connectivity index is 2.44. The average Bonchev–Trinajstić information content (AvgIpc) is 2.66. The van der Waals surface area contributed by atoms with E-state index in [1.54, 1.807) is 24.4 Å². The summed E-state index contributed by atoms with van der Waals surface area (Å²) in [5, 5.41) is 11.3. The molecule has 1 aromatic carbocycles. The molecule has 5 heteroatoms. The summed E-state index contributed by atoms with van der Waals surface area (Å²) in [6.45, 7) is 0. The van der Waals surface area contributed by atoms with E-state index in [1.165, 1.54) is 12.1 Å². The first kappa shape index (κ1) is 8.84. The van der Waals surface area contributed by atoms with Gasteiger partial charge in [-0.25, -0.2) is 0 Å². The van der Waals surface area contributed by atoms with Crippen LogP contribution in [0.5, 0.6) is 0 Å². The SMILES string of the molecule is O=[N+]([O-])c1ccc2oc3cccnc3c2c1. The number of aromatic nitrogens is 1. The zero-order chi connectivity index (χ0) is 11.1. The van der Waals surface area contributed by atoms with Crippen LogP contribution in [0.3, 0.4) is 0 Å². The molecule has 3 aromatic rings. The Morgan fingerprint density at radius 3 is 2.94 bits per heavy atom. The van der Waals surface area contributed by atoms with Gasteiger partial charge in [-0.15, -0.1) is 0 Å². The molecule has 0 N–H and O–H groups in total. The summed E-state index contributed by atoms with van der Waals surface area (Å²) in [5.41, 5.74) is 1.94. The summed E-state index contributed by atoms with van der Waals surface area (Å²) in [6.07, 6.45) is 1.64. The van der Waals surface area contributed by atoms with Crippen LogP contribution in [0.4, 0.5) is 5.69 Å². The third kappa shape index (κ3) is 1.15. The normalized spacial score (nSPS) is 11.0. The highest BCUT2D eigenvalue weighted by Gasteiger charge is 2.12. The number of furan rings is 1. The minimum Gasteiger partial charge on any atom is -0.454 e. The van der Waals surface area contributed by atoms with Crippen LogP contribution in [0.2, 0.25) is 0 Å². The molecule has 0 atom stereocenters. The number of fused-ring (bicyclic) bond motifs is 3. The van der Waals surface area contributed by atoms with E-state index in [2.05, 4.69) is 4.98 Å². The van der Waals surface area contributed by atoms with Crippen molar-refractivity contribution < 1.29 is 9.34 Å². The van der Waals surface area contributed by atoms with Gasteiger partial charge in [-0.05, 0) is 18.2 Å². The Kier molecular flexibility index (Phi) is 1.67. The fraction of sp³-hybridized carbons (Fsp3) is 0. The number of hydrogen-bond donors (Lipinski definition) is 0. The lowest BCUT2D eigenvalue weighted by Gasteiger charge is -1.90. The highest BCUT2D eigenvalue weighted by atomic mass is 16.6. The van der Waals surface area contributed by atoms with Crippen molar-refractivity contribution in [2.24, 2.45) is 0 Å². The van der Waals surface area contributed by atoms with Gasteiger partial charge >= 0.3 is 0 Å². The van der Waals surface area contributed by atoms with Crippen molar-refractivity contribution in [2.45, 2.75) is 0 Å². The topological polar surface area (TPSA) is 69.2 Å². The van der Waals surface area contributed by atoms with E-state index in [1.807, 2.05) is 0 Å². The first-order valence-electron chi connectivity index (χ1n) is 4.67. The molecule has 16 heavy (non-hydrogen) atoms. The van der Waals surface area contributed by atoms with E-state index in [0.717, 1.165) is 0 Å². The van der Waals surface area contributed by atoms with Gasteiger partial charge in [0.05, 0.1) is 10.3 Å². The minimum atomic E-state index is -0.429. The first-order valence-corrected chi connectivity index (χ1v) is 4.67. The van der Waals surface area contributed by atoms with Gasteiger partial charge in [0, 0.05) is 18.3 Å². The summed E-state index contributed by atoms with van der Waals surface area (Å²) >= 11 is 0. The maximum atomic E-state index is 10.7. The Hall–Kier alpha value is -2.43. The summed E-state index contributed by atoms with van der Waals surface area (Å²) in [4.78, 5) is 14.4. The summed E-state index contributed by atoms with van der Waals surface area (Å²) in [6, 6.07) is 8.04. The van der Waals surface area contributed by atoms with Gasteiger partial charge in [0.1, 0.15) is 11.1 Å². The molecule has 0 saturated carbocycles. The second kappa shape index (κ2) is 3.03. The van der Waals surface area contributed by atoms with Crippen LogP contribution in [0.25, 0.3) is 22.1 Å². The van der Waals surface area contributed by atoms with E-state index in [0.29, 0.717) is 22.1 Å². The molecule has 5 nitrogen and oxygen atoms in total. The van der Waals surface area contributed by atoms with Crippen molar-refractivity contribution >= 4 is 27.8 Å². The van der Waals surface area contributed by atoms with Crippen LogP contribution in [0.15, 0.2) is 40.9 Å². The summed E-state index contributed by atoms with van der Waals surface area (Å²) in [5.74, 6) is 0. The largest absolute Gasteiger partial charge is 0.454 e. The predicted octanol–water partition coefficient (Wildman–Crippen LogP) is 2.89. The van der Waals surface area contributed by atoms with Crippen molar-refractivity contribution in [3.8, 4) is 0 Å². The molecule has 78 valence electrons. The van der Waals surface area contributed by atoms with E-state index in [4.69, 9.17) is 4.42 Å².